The molecule has 0 saturated heterocycles. The number of nitrogens with one attached hydrogen (secondary N) is 2. The molecule has 0 aliphatic heterocycles. The van der Waals surface area contributed by atoms with Crippen molar-refractivity contribution in [2.24, 2.45) is 5.41 Å². The monoisotopic (exact) mass is 324 g/mol. The summed E-state index contributed by atoms with van der Waals surface area (Å²) in [5, 5.41) is 4.82. The fourth-order valence-electron chi connectivity index (χ4n) is 1.60. The molecule has 23 heavy (non-hydrogen) atoms. The van der Waals surface area contributed by atoms with Crippen LogP contribution in [0, 0.1) is 11.2 Å². The molecule has 0 aliphatic rings. The molecule has 0 spiro atoms. The molecule has 0 fully saturated rings. The van der Waals surface area contributed by atoms with Crippen molar-refractivity contribution < 1.29 is 23.5 Å². The maximum atomic E-state index is 12.7. The summed E-state index contributed by atoms with van der Waals surface area (Å²) in [6.45, 7) is 4.95. The molecule has 0 atom stereocenters. The molecule has 1 aromatic carbocycles. The van der Waals surface area contributed by atoms with Crippen LogP contribution < -0.4 is 10.6 Å². The van der Waals surface area contributed by atoms with Crippen molar-refractivity contribution in [3.05, 3.63) is 30.1 Å². The number of hydrogen-bond donors (Lipinski definition) is 2. The van der Waals surface area contributed by atoms with Crippen LogP contribution in [0.25, 0.3) is 0 Å². The molecule has 7 heteroatoms. The van der Waals surface area contributed by atoms with Gasteiger partial charge in [-0.1, -0.05) is 20.8 Å². The van der Waals surface area contributed by atoms with Gasteiger partial charge in [-0.05, 0) is 29.7 Å². The third-order valence-corrected chi connectivity index (χ3v) is 2.61. The van der Waals surface area contributed by atoms with E-state index in [0.717, 1.165) is 0 Å². The summed E-state index contributed by atoms with van der Waals surface area (Å²) in [5.41, 5.74) is 0.199. The third kappa shape index (κ3) is 8.55. The number of halogens is 1. The van der Waals surface area contributed by atoms with Crippen LogP contribution in [-0.2, 0) is 19.1 Å². The molecule has 1 rings (SSSR count). The zero-order chi connectivity index (χ0) is 17.5. The Morgan fingerprint density at radius 2 is 1.70 bits per heavy atom. The van der Waals surface area contributed by atoms with Crippen molar-refractivity contribution in [1.82, 2.24) is 5.32 Å². The van der Waals surface area contributed by atoms with E-state index < -0.39 is 30.2 Å². The highest BCUT2D eigenvalue weighted by Crippen LogP contribution is 2.18. The average Bonchev–Trinajstić information content (AvgIpc) is 2.43. The van der Waals surface area contributed by atoms with Crippen LogP contribution in [0.2, 0.25) is 0 Å². The second kappa shape index (κ2) is 8.26. The van der Waals surface area contributed by atoms with Gasteiger partial charge >= 0.3 is 5.97 Å². The minimum Gasteiger partial charge on any atom is -0.456 e. The van der Waals surface area contributed by atoms with Gasteiger partial charge in [0.05, 0.1) is 13.0 Å². The number of rotatable bonds is 6. The predicted molar refractivity (Wildman–Crippen MR) is 83.1 cm³/mol. The topological polar surface area (TPSA) is 84.5 Å². The quantitative estimate of drug-likeness (QED) is 0.782. The van der Waals surface area contributed by atoms with Gasteiger partial charge in [0.25, 0.3) is 5.91 Å². The Hall–Kier alpha value is -2.44. The molecular formula is C16H21FN2O4. The second-order valence-corrected chi connectivity index (χ2v) is 6.23. The molecule has 0 aliphatic carbocycles. The fourth-order valence-corrected chi connectivity index (χ4v) is 1.60. The summed E-state index contributed by atoms with van der Waals surface area (Å²) in [6, 6.07) is 5.23. The van der Waals surface area contributed by atoms with Crippen LogP contribution >= 0.6 is 0 Å². The molecule has 0 unspecified atom stereocenters. The van der Waals surface area contributed by atoms with Gasteiger partial charge in [0.15, 0.2) is 6.61 Å². The van der Waals surface area contributed by atoms with Gasteiger partial charge in [0, 0.05) is 5.69 Å². The van der Waals surface area contributed by atoms with E-state index in [0.29, 0.717) is 5.69 Å². The molecule has 2 N–H and O–H groups in total. The SMILES string of the molecule is CC(C)(C)CC(=O)OCC(=O)NCC(=O)Nc1ccc(F)cc1. The number of esters is 1. The fraction of sp³-hybridized carbons (Fsp3) is 0.438. The van der Waals surface area contributed by atoms with Crippen LogP contribution in [0.15, 0.2) is 24.3 Å². The highest BCUT2D eigenvalue weighted by atomic mass is 19.1. The number of benzene rings is 1. The minimum absolute atomic E-state index is 0.200. The molecule has 0 aromatic heterocycles. The van der Waals surface area contributed by atoms with Crippen LogP contribution in [0.4, 0.5) is 10.1 Å². The van der Waals surface area contributed by atoms with Crippen molar-refractivity contribution in [2.75, 3.05) is 18.5 Å². The Balaban J connectivity index is 2.26. The summed E-state index contributed by atoms with van der Waals surface area (Å²) in [6.07, 6.45) is 0.200. The number of carbonyl (C=O) groups excluding carboxylic acids is 3. The number of ether oxygens (including phenoxy) is 1. The largest absolute Gasteiger partial charge is 0.456 e. The lowest BCUT2D eigenvalue weighted by Gasteiger charge is -2.16. The van der Waals surface area contributed by atoms with Gasteiger partial charge in [-0.2, -0.15) is 0 Å². The van der Waals surface area contributed by atoms with Crippen molar-refractivity contribution in [3.63, 3.8) is 0 Å². The summed E-state index contributed by atoms with van der Waals surface area (Å²) >= 11 is 0. The predicted octanol–water partition coefficient (Wildman–Crippen LogP) is 1.86. The van der Waals surface area contributed by atoms with E-state index in [2.05, 4.69) is 10.6 Å². The van der Waals surface area contributed by atoms with Gasteiger partial charge < -0.3 is 15.4 Å². The third-order valence-electron chi connectivity index (χ3n) is 2.61. The van der Waals surface area contributed by atoms with E-state index in [4.69, 9.17) is 4.74 Å². The zero-order valence-corrected chi connectivity index (χ0v) is 13.4. The van der Waals surface area contributed by atoms with E-state index in [1.165, 1.54) is 24.3 Å². The standard InChI is InChI=1S/C16H21FN2O4/c1-16(2,3)8-15(22)23-10-14(21)18-9-13(20)19-12-6-4-11(17)5-7-12/h4-7H,8-10H2,1-3H3,(H,18,21)(H,19,20). The first kappa shape index (κ1) is 18.6. The molecule has 6 nitrogen and oxygen atoms in total. The number of amides is 2. The molecule has 0 radical (unpaired) electrons. The summed E-state index contributed by atoms with van der Waals surface area (Å²) in [4.78, 5) is 34.6. The Labute approximate surface area is 134 Å². The lowest BCUT2D eigenvalue weighted by molar-refractivity contribution is -0.150. The smallest absolute Gasteiger partial charge is 0.306 e. The molecule has 2 amide bonds. The minimum atomic E-state index is -0.568. The lowest BCUT2D eigenvalue weighted by Crippen LogP contribution is -2.35. The van der Waals surface area contributed by atoms with Gasteiger partial charge in [0.2, 0.25) is 5.91 Å². The van der Waals surface area contributed by atoms with Gasteiger partial charge in [-0.25, -0.2) is 4.39 Å². The highest BCUT2D eigenvalue weighted by molar-refractivity contribution is 5.94. The Morgan fingerprint density at radius 3 is 2.26 bits per heavy atom. The maximum Gasteiger partial charge on any atom is 0.306 e. The first-order valence-electron chi connectivity index (χ1n) is 7.13. The summed E-state index contributed by atoms with van der Waals surface area (Å²) < 4.78 is 17.5. The Morgan fingerprint density at radius 1 is 1.09 bits per heavy atom. The van der Waals surface area contributed by atoms with E-state index in [1.807, 2.05) is 20.8 Å². The van der Waals surface area contributed by atoms with Crippen LogP contribution in [0.5, 0.6) is 0 Å². The maximum absolute atomic E-state index is 12.7. The number of anilines is 1. The Kier molecular flexibility index (Phi) is 6.68. The van der Waals surface area contributed by atoms with E-state index in [9.17, 15) is 18.8 Å². The normalized spacial score (nSPS) is 10.8. The highest BCUT2D eigenvalue weighted by Gasteiger charge is 2.18. The first-order chi connectivity index (χ1) is 10.7. The van der Waals surface area contributed by atoms with Gasteiger partial charge in [0.1, 0.15) is 5.82 Å². The molecule has 0 bridgehead atoms. The number of carbonyl (C=O) groups is 3. The first-order valence-corrected chi connectivity index (χ1v) is 7.13. The van der Waals surface area contributed by atoms with Crippen molar-refractivity contribution in [1.29, 1.82) is 0 Å². The average molecular weight is 324 g/mol. The molecular weight excluding hydrogens is 303 g/mol. The molecule has 126 valence electrons. The van der Waals surface area contributed by atoms with Crippen molar-refractivity contribution >= 4 is 23.5 Å². The van der Waals surface area contributed by atoms with E-state index in [-0.39, 0.29) is 18.4 Å². The van der Waals surface area contributed by atoms with Crippen LogP contribution in [-0.4, -0.2) is 30.9 Å². The second-order valence-electron chi connectivity index (χ2n) is 6.23. The van der Waals surface area contributed by atoms with Crippen molar-refractivity contribution in [2.45, 2.75) is 27.2 Å². The summed E-state index contributed by atoms with van der Waals surface area (Å²) in [5.74, 6) is -1.91. The van der Waals surface area contributed by atoms with E-state index >= 15 is 0 Å². The van der Waals surface area contributed by atoms with Gasteiger partial charge in [-0.15, -0.1) is 0 Å². The molecule has 0 saturated carbocycles. The zero-order valence-electron chi connectivity index (χ0n) is 13.4. The van der Waals surface area contributed by atoms with Crippen LogP contribution in [0.1, 0.15) is 27.2 Å². The van der Waals surface area contributed by atoms with Gasteiger partial charge in [-0.3, -0.25) is 14.4 Å². The molecule has 1 aromatic rings. The van der Waals surface area contributed by atoms with Crippen LogP contribution in [0.3, 0.4) is 0 Å². The lowest BCUT2D eigenvalue weighted by atomic mass is 9.93. The number of hydrogen-bond acceptors (Lipinski definition) is 4. The van der Waals surface area contributed by atoms with E-state index in [1.54, 1.807) is 0 Å². The summed E-state index contributed by atoms with van der Waals surface area (Å²) in [7, 11) is 0. The Bertz CT molecular complexity index is 564. The van der Waals surface area contributed by atoms with Crippen molar-refractivity contribution in [3.8, 4) is 0 Å². The molecule has 0 heterocycles.